The van der Waals surface area contributed by atoms with Crippen LogP contribution in [0.1, 0.15) is 23.1 Å². The van der Waals surface area contributed by atoms with Crippen LogP contribution in [0.5, 0.6) is 0 Å². The van der Waals surface area contributed by atoms with Gasteiger partial charge in [0.25, 0.3) is 5.91 Å². The molecule has 1 aliphatic heterocycles. The highest BCUT2D eigenvalue weighted by molar-refractivity contribution is 5.93. The quantitative estimate of drug-likeness (QED) is 0.940. The first-order valence-corrected chi connectivity index (χ1v) is 7.61. The molecule has 3 rings (SSSR count). The van der Waals surface area contributed by atoms with Crippen molar-refractivity contribution in [3.63, 3.8) is 0 Å². The average Bonchev–Trinajstić information content (AvgIpc) is 3.11. The lowest BCUT2D eigenvalue weighted by Gasteiger charge is -2.13. The van der Waals surface area contributed by atoms with Gasteiger partial charge < -0.3 is 10.0 Å². The first kappa shape index (κ1) is 15.3. The lowest BCUT2D eigenvalue weighted by Crippen LogP contribution is -2.30. The summed E-state index contributed by atoms with van der Waals surface area (Å²) in [4.78, 5) is 25.4. The van der Waals surface area contributed by atoms with Crippen molar-refractivity contribution in [2.24, 2.45) is 11.8 Å². The fourth-order valence-electron chi connectivity index (χ4n) is 3.03. The average molecular weight is 313 g/mol. The smallest absolute Gasteiger partial charge is 0.308 e. The van der Waals surface area contributed by atoms with Gasteiger partial charge in [0.1, 0.15) is 0 Å². The SMILES string of the molecule is Cc1cc(C(=O)N2C[C@@H](C)[C@H](C(=O)O)C2)nn1-c1ccccc1. The Morgan fingerprint density at radius 3 is 2.52 bits per heavy atom. The molecule has 1 fully saturated rings. The summed E-state index contributed by atoms with van der Waals surface area (Å²) in [5, 5.41) is 13.6. The van der Waals surface area contributed by atoms with Crippen LogP contribution in [0.25, 0.3) is 5.69 Å². The molecule has 1 aromatic heterocycles. The van der Waals surface area contributed by atoms with E-state index in [0.29, 0.717) is 12.2 Å². The predicted octanol–water partition coefficient (Wildman–Crippen LogP) is 1.97. The summed E-state index contributed by atoms with van der Waals surface area (Å²) in [5.41, 5.74) is 2.11. The summed E-state index contributed by atoms with van der Waals surface area (Å²) in [6, 6.07) is 11.3. The summed E-state index contributed by atoms with van der Waals surface area (Å²) in [5.74, 6) is -1.61. The van der Waals surface area contributed by atoms with Gasteiger partial charge in [-0.3, -0.25) is 9.59 Å². The molecule has 0 unspecified atom stereocenters. The minimum absolute atomic E-state index is 0.0474. The molecule has 2 heterocycles. The molecule has 1 aromatic carbocycles. The van der Waals surface area contributed by atoms with E-state index in [1.807, 2.05) is 44.2 Å². The highest BCUT2D eigenvalue weighted by atomic mass is 16.4. The number of carboxylic acids is 1. The van der Waals surface area contributed by atoms with Gasteiger partial charge in [-0.1, -0.05) is 25.1 Å². The van der Waals surface area contributed by atoms with Crippen LogP contribution in [0.15, 0.2) is 36.4 Å². The molecule has 2 atom stereocenters. The number of hydrogen-bond donors (Lipinski definition) is 1. The molecular formula is C17H19N3O3. The minimum atomic E-state index is -0.848. The maximum atomic E-state index is 12.6. The van der Waals surface area contributed by atoms with Gasteiger partial charge in [-0.15, -0.1) is 0 Å². The Labute approximate surface area is 134 Å². The van der Waals surface area contributed by atoms with E-state index in [2.05, 4.69) is 5.10 Å². The van der Waals surface area contributed by atoms with Gasteiger partial charge in [0.2, 0.25) is 0 Å². The second kappa shape index (κ2) is 5.87. The number of nitrogens with zero attached hydrogens (tertiary/aromatic N) is 3. The molecule has 23 heavy (non-hydrogen) atoms. The number of aryl methyl sites for hydroxylation is 1. The van der Waals surface area contributed by atoms with Crippen LogP contribution in [-0.2, 0) is 4.79 Å². The molecule has 0 spiro atoms. The van der Waals surface area contributed by atoms with Gasteiger partial charge in [-0.05, 0) is 31.0 Å². The molecule has 120 valence electrons. The third-order valence-corrected chi connectivity index (χ3v) is 4.32. The van der Waals surface area contributed by atoms with Gasteiger partial charge in [0.05, 0.1) is 11.6 Å². The van der Waals surface area contributed by atoms with Crippen molar-refractivity contribution in [3.8, 4) is 5.69 Å². The molecular weight excluding hydrogens is 294 g/mol. The summed E-state index contributed by atoms with van der Waals surface area (Å²) in [6.07, 6.45) is 0. The van der Waals surface area contributed by atoms with Crippen molar-refractivity contribution in [1.82, 2.24) is 14.7 Å². The number of amides is 1. The second-order valence-electron chi connectivity index (χ2n) is 6.05. The van der Waals surface area contributed by atoms with E-state index >= 15 is 0 Å². The van der Waals surface area contributed by atoms with Gasteiger partial charge in [-0.2, -0.15) is 5.10 Å². The fraction of sp³-hybridized carbons (Fsp3) is 0.353. The number of hydrogen-bond acceptors (Lipinski definition) is 3. The largest absolute Gasteiger partial charge is 0.481 e. The molecule has 0 bridgehead atoms. The van der Waals surface area contributed by atoms with E-state index < -0.39 is 11.9 Å². The fourth-order valence-corrected chi connectivity index (χ4v) is 3.03. The molecule has 1 N–H and O–H groups in total. The van der Waals surface area contributed by atoms with Crippen molar-refractivity contribution in [2.45, 2.75) is 13.8 Å². The maximum Gasteiger partial charge on any atom is 0.308 e. The van der Waals surface area contributed by atoms with E-state index in [1.165, 1.54) is 0 Å². The Morgan fingerprint density at radius 1 is 1.22 bits per heavy atom. The highest BCUT2D eigenvalue weighted by Crippen LogP contribution is 2.25. The summed E-state index contributed by atoms with van der Waals surface area (Å²) >= 11 is 0. The third kappa shape index (κ3) is 2.84. The van der Waals surface area contributed by atoms with Crippen molar-refractivity contribution >= 4 is 11.9 Å². The van der Waals surface area contributed by atoms with Crippen LogP contribution in [-0.4, -0.2) is 44.8 Å². The predicted molar refractivity (Wildman–Crippen MR) is 84.5 cm³/mol. The topological polar surface area (TPSA) is 75.4 Å². The summed E-state index contributed by atoms with van der Waals surface area (Å²) in [7, 11) is 0. The zero-order chi connectivity index (χ0) is 16.6. The summed E-state index contributed by atoms with van der Waals surface area (Å²) < 4.78 is 1.72. The number of aromatic nitrogens is 2. The standard InChI is InChI=1S/C17H19N3O3/c1-11-9-19(10-14(11)17(22)23)16(21)15-8-12(2)20(18-15)13-6-4-3-5-7-13/h3-8,11,14H,9-10H2,1-2H3,(H,22,23)/t11-,14-/m1/s1. The Kier molecular flexibility index (Phi) is 3.90. The maximum absolute atomic E-state index is 12.6. The Hall–Kier alpha value is -2.63. The van der Waals surface area contributed by atoms with E-state index in [-0.39, 0.29) is 18.4 Å². The number of aliphatic carboxylic acids is 1. The number of likely N-dealkylation sites (tertiary alicyclic amines) is 1. The lowest BCUT2D eigenvalue weighted by molar-refractivity contribution is -0.142. The zero-order valence-electron chi connectivity index (χ0n) is 13.1. The third-order valence-electron chi connectivity index (χ3n) is 4.32. The van der Waals surface area contributed by atoms with E-state index in [4.69, 9.17) is 0 Å². The van der Waals surface area contributed by atoms with Crippen LogP contribution in [0.4, 0.5) is 0 Å². The van der Waals surface area contributed by atoms with Gasteiger partial charge >= 0.3 is 5.97 Å². The molecule has 0 saturated carbocycles. The second-order valence-corrected chi connectivity index (χ2v) is 6.05. The van der Waals surface area contributed by atoms with Crippen LogP contribution in [0.3, 0.4) is 0 Å². The van der Waals surface area contributed by atoms with Gasteiger partial charge in [0, 0.05) is 18.8 Å². The van der Waals surface area contributed by atoms with Crippen molar-refractivity contribution in [3.05, 3.63) is 47.8 Å². The number of rotatable bonds is 3. The molecule has 1 saturated heterocycles. The van der Waals surface area contributed by atoms with Crippen molar-refractivity contribution in [1.29, 1.82) is 0 Å². The molecule has 0 aliphatic carbocycles. The summed E-state index contributed by atoms with van der Waals surface area (Å²) in [6.45, 7) is 4.45. The van der Waals surface area contributed by atoms with Crippen LogP contribution in [0, 0.1) is 18.8 Å². The minimum Gasteiger partial charge on any atom is -0.481 e. The Morgan fingerprint density at radius 2 is 1.91 bits per heavy atom. The van der Waals surface area contributed by atoms with Crippen LogP contribution in [0.2, 0.25) is 0 Å². The molecule has 6 nitrogen and oxygen atoms in total. The monoisotopic (exact) mass is 313 g/mol. The normalized spacial score (nSPS) is 20.7. The van der Waals surface area contributed by atoms with Gasteiger partial charge in [-0.25, -0.2) is 4.68 Å². The van der Waals surface area contributed by atoms with E-state index in [1.54, 1.807) is 15.6 Å². The Balaban J connectivity index is 1.83. The number of carbonyl (C=O) groups excluding carboxylic acids is 1. The molecule has 0 radical (unpaired) electrons. The van der Waals surface area contributed by atoms with Crippen molar-refractivity contribution < 1.29 is 14.7 Å². The molecule has 2 aromatic rings. The number of para-hydroxylation sites is 1. The first-order chi connectivity index (χ1) is 11.0. The van der Waals surface area contributed by atoms with Gasteiger partial charge in [0.15, 0.2) is 5.69 Å². The number of carbonyl (C=O) groups is 2. The van der Waals surface area contributed by atoms with Crippen LogP contribution < -0.4 is 0 Å². The van der Waals surface area contributed by atoms with E-state index in [9.17, 15) is 14.7 Å². The van der Waals surface area contributed by atoms with Crippen molar-refractivity contribution in [2.75, 3.05) is 13.1 Å². The Bertz CT molecular complexity index is 739. The molecule has 1 aliphatic rings. The molecule has 1 amide bonds. The van der Waals surface area contributed by atoms with E-state index in [0.717, 1.165) is 11.4 Å². The number of benzene rings is 1. The molecule has 6 heteroatoms. The van der Waals surface area contributed by atoms with Crippen LogP contribution >= 0.6 is 0 Å². The zero-order valence-corrected chi connectivity index (χ0v) is 13.1. The first-order valence-electron chi connectivity index (χ1n) is 7.61. The highest BCUT2D eigenvalue weighted by Gasteiger charge is 2.37. The number of carboxylic acid groups (broad SMARTS) is 1. The lowest BCUT2D eigenvalue weighted by atomic mass is 9.99.